The third kappa shape index (κ3) is 0.959. The Hall–Kier alpha value is -0.570. The molecule has 0 aromatic heterocycles. The molecule has 3 heteroatoms. The van der Waals surface area contributed by atoms with E-state index in [0.717, 1.165) is 38.6 Å². The van der Waals surface area contributed by atoms with Gasteiger partial charge < -0.3 is 10.4 Å². The van der Waals surface area contributed by atoms with E-state index in [9.17, 15) is 4.79 Å². The molecule has 0 radical (unpaired) electrons. The number of aliphatic carboxylic acids is 1. The fourth-order valence-corrected chi connectivity index (χ4v) is 2.71. The van der Waals surface area contributed by atoms with Gasteiger partial charge in [-0.1, -0.05) is 6.42 Å². The fourth-order valence-electron chi connectivity index (χ4n) is 2.71. The van der Waals surface area contributed by atoms with E-state index in [1.54, 1.807) is 0 Å². The smallest absolute Gasteiger partial charge is 0.311 e. The van der Waals surface area contributed by atoms with Gasteiger partial charge in [0.15, 0.2) is 0 Å². The second-order valence-corrected chi connectivity index (χ2v) is 3.96. The highest BCUT2D eigenvalue weighted by Gasteiger charge is 2.49. The third-order valence-corrected chi connectivity index (χ3v) is 3.40. The van der Waals surface area contributed by atoms with Gasteiger partial charge in [-0.2, -0.15) is 0 Å². The van der Waals surface area contributed by atoms with E-state index in [2.05, 4.69) is 5.32 Å². The molecule has 1 saturated heterocycles. The molecule has 2 N–H and O–H groups in total. The Labute approximate surface area is 72.2 Å². The third-order valence-electron chi connectivity index (χ3n) is 3.40. The monoisotopic (exact) mass is 169 g/mol. The molecular weight excluding hydrogens is 154 g/mol. The number of nitrogens with one attached hydrogen (secondary N) is 1. The van der Waals surface area contributed by atoms with E-state index in [4.69, 9.17) is 5.11 Å². The first-order valence-corrected chi connectivity index (χ1v) is 4.72. The van der Waals surface area contributed by atoms with Gasteiger partial charge in [0.05, 0.1) is 5.41 Å². The summed E-state index contributed by atoms with van der Waals surface area (Å²) in [5, 5.41) is 12.5. The SMILES string of the molecule is O=C(O)[C@@]12CCCN[C@@H]1CCC2. The van der Waals surface area contributed by atoms with Crippen molar-refractivity contribution in [3.05, 3.63) is 0 Å². The Kier molecular flexibility index (Phi) is 1.83. The van der Waals surface area contributed by atoms with Gasteiger partial charge in [0.2, 0.25) is 0 Å². The Balaban J connectivity index is 2.23. The molecule has 0 unspecified atom stereocenters. The zero-order valence-corrected chi connectivity index (χ0v) is 7.18. The molecule has 1 saturated carbocycles. The molecule has 0 aromatic rings. The molecule has 2 atom stereocenters. The molecule has 0 aromatic carbocycles. The number of fused-ring (bicyclic) bond motifs is 1. The van der Waals surface area contributed by atoms with Crippen molar-refractivity contribution >= 4 is 5.97 Å². The van der Waals surface area contributed by atoms with Gasteiger partial charge in [0.1, 0.15) is 0 Å². The Morgan fingerprint density at radius 2 is 2.17 bits per heavy atom. The van der Waals surface area contributed by atoms with Gasteiger partial charge in [-0.25, -0.2) is 0 Å². The number of hydrogen-bond acceptors (Lipinski definition) is 2. The van der Waals surface area contributed by atoms with Crippen LogP contribution in [-0.2, 0) is 4.79 Å². The summed E-state index contributed by atoms with van der Waals surface area (Å²) >= 11 is 0. The number of rotatable bonds is 1. The first kappa shape index (κ1) is 8.05. The largest absolute Gasteiger partial charge is 0.481 e. The maximum atomic E-state index is 11.1. The van der Waals surface area contributed by atoms with Crippen LogP contribution in [0.3, 0.4) is 0 Å². The number of hydrogen-bond donors (Lipinski definition) is 2. The van der Waals surface area contributed by atoms with Gasteiger partial charge >= 0.3 is 5.97 Å². The molecular formula is C9H15NO2. The van der Waals surface area contributed by atoms with E-state index in [1.807, 2.05) is 0 Å². The van der Waals surface area contributed by atoms with Crippen LogP contribution in [0.25, 0.3) is 0 Å². The number of carboxylic acids is 1. The molecule has 2 aliphatic rings. The first-order chi connectivity index (χ1) is 5.76. The van der Waals surface area contributed by atoms with Crippen molar-refractivity contribution in [1.29, 1.82) is 0 Å². The molecule has 2 fully saturated rings. The Bertz CT molecular complexity index is 205. The highest BCUT2D eigenvalue weighted by molar-refractivity contribution is 5.76. The van der Waals surface area contributed by atoms with E-state index >= 15 is 0 Å². The lowest BCUT2D eigenvalue weighted by atomic mass is 9.76. The second kappa shape index (κ2) is 2.73. The normalized spacial score (nSPS) is 40.8. The standard InChI is InChI=1S/C9H15NO2/c11-8(12)9-4-1-3-7(9)10-6-2-5-9/h7,10H,1-6H2,(H,11,12)/t7-,9+/m1/s1. The van der Waals surface area contributed by atoms with E-state index in [-0.39, 0.29) is 6.04 Å². The topological polar surface area (TPSA) is 49.3 Å². The van der Waals surface area contributed by atoms with Crippen LogP contribution in [0, 0.1) is 5.41 Å². The number of carbonyl (C=O) groups is 1. The minimum Gasteiger partial charge on any atom is -0.481 e. The summed E-state index contributed by atoms with van der Waals surface area (Å²) in [7, 11) is 0. The highest BCUT2D eigenvalue weighted by Crippen LogP contribution is 2.44. The van der Waals surface area contributed by atoms with Crippen molar-refractivity contribution in [2.45, 2.75) is 38.1 Å². The van der Waals surface area contributed by atoms with Crippen LogP contribution in [0.4, 0.5) is 0 Å². The number of carboxylic acid groups (broad SMARTS) is 1. The van der Waals surface area contributed by atoms with E-state index in [0.29, 0.717) is 0 Å². The van der Waals surface area contributed by atoms with Crippen LogP contribution in [0.1, 0.15) is 32.1 Å². The molecule has 1 heterocycles. The van der Waals surface area contributed by atoms with Crippen molar-refractivity contribution < 1.29 is 9.90 Å². The summed E-state index contributed by atoms with van der Waals surface area (Å²) in [5.74, 6) is -0.586. The van der Waals surface area contributed by atoms with Gasteiger partial charge in [0.25, 0.3) is 0 Å². The summed E-state index contributed by atoms with van der Waals surface area (Å²) in [6.07, 6.45) is 4.89. The van der Waals surface area contributed by atoms with Crippen molar-refractivity contribution in [2.24, 2.45) is 5.41 Å². The lowest BCUT2D eigenvalue weighted by molar-refractivity contribution is -0.151. The molecule has 0 bridgehead atoms. The van der Waals surface area contributed by atoms with Crippen LogP contribution >= 0.6 is 0 Å². The zero-order chi connectivity index (χ0) is 8.60. The van der Waals surface area contributed by atoms with Crippen molar-refractivity contribution in [3.8, 4) is 0 Å². The Morgan fingerprint density at radius 3 is 2.83 bits per heavy atom. The lowest BCUT2D eigenvalue weighted by Gasteiger charge is -2.36. The predicted molar refractivity (Wildman–Crippen MR) is 44.9 cm³/mol. The molecule has 1 aliphatic heterocycles. The van der Waals surface area contributed by atoms with E-state index in [1.165, 1.54) is 0 Å². The van der Waals surface area contributed by atoms with Crippen LogP contribution in [0.2, 0.25) is 0 Å². The van der Waals surface area contributed by atoms with Crippen LogP contribution in [0.15, 0.2) is 0 Å². The number of piperidine rings is 1. The Morgan fingerprint density at radius 1 is 1.42 bits per heavy atom. The molecule has 0 spiro atoms. The van der Waals surface area contributed by atoms with Gasteiger partial charge in [-0.15, -0.1) is 0 Å². The van der Waals surface area contributed by atoms with Gasteiger partial charge in [-0.3, -0.25) is 4.79 Å². The minimum atomic E-state index is -0.586. The van der Waals surface area contributed by atoms with Gasteiger partial charge in [-0.05, 0) is 32.2 Å². The van der Waals surface area contributed by atoms with Crippen molar-refractivity contribution in [2.75, 3.05) is 6.54 Å². The summed E-state index contributed by atoms with van der Waals surface area (Å²) in [4.78, 5) is 11.1. The fraction of sp³-hybridized carbons (Fsp3) is 0.889. The average molecular weight is 169 g/mol. The summed E-state index contributed by atoms with van der Waals surface area (Å²) in [6, 6.07) is 0.253. The summed E-state index contributed by atoms with van der Waals surface area (Å²) in [5.41, 5.74) is -0.405. The van der Waals surface area contributed by atoms with Crippen molar-refractivity contribution in [1.82, 2.24) is 5.32 Å². The van der Waals surface area contributed by atoms with Crippen LogP contribution < -0.4 is 5.32 Å². The van der Waals surface area contributed by atoms with Crippen LogP contribution in [-0.4, -0.2) is 23.7 Å². The average Bonchev–Trinajstić information content (AvgIpc) is 2.48. The zero-order valence-electron chi connectivity index (χ0n) is 7.18. The molecule has 1 aliphatic carbocycles. The molecule has 12 heavy (non-hydrogen) atoms. The predicted octanol–water partition coefficient (Wildman–Crippen LogP) is 0.993. The molecule has 2 rings (SSSR count). The summed E-state index contributed by atoms with van der Waals surface area (Å²) in [6.45, 7) is 1.000. The first-order valence-electron chi connectivity index (χ1n) is 4.72. The molecule has 3 nitrogen and oxygen atoms in total. The quantitative estimate of drug-likeness (QED) is 0.615. The maximum Gasteiger partial charge on any atom is 0.311 e. The molecule has 68 valence electrons. The van der Waals surface area contributed by atoms with E-state index < -0.39 is 11.4 Å². The second-order valence-electron chi connectivity index (χ2n) is 3.96. The summed E-state index contributed by atoms with van der Waals surface area (Å²) < 4.78 is 0. The lowest BCUT2D eigenvalue weighted by Crippen LogP contribution is -2.50. The van der Waals surface area contributed by atoms with Gasteiger partial charge in [0, 0.05) is 6.04 Å². The van der Waals surface area contributed by atoms with Crippen LogP contribution in [0.5, 0.6) is 0 Å². The maximum absolute atomic E-state index is 11.1. The minimum absolute atomic E-state index is 0.253. The van der Waals surface area contributed by atoms with Crippen molar-refractivity contribution in [3.63, 3.8) is 0 Å². The highest BCUT2D eigenvalue weighted by atomic mass is 16.4. The molecule has 0 amide bonds.